The van der Waals surface area contributed by atoms with E-state index in [1.807, 2.05) is 31.2 Å². The number of rotatable bonds is 5. The summed E-state index contributed by atoms with van der Waals surface area (Å²) >= 11 is 1.73. The van der Waals surface area contributed by atoms with E-state index in [-0.39, 0.29) is 18.3 Å². The molecule has 1 unspecified atom stereocenters. The number of nitrogens with one attached hydrogen (secondary N) is 1. The summed E-state index contributed by atoms with van der Waals surface area (Å²) in [4.78, 5) is 14.5. The minimum Gasteiger partial charge on any atom is -0.350 e. The molecule has 0 radical (unpaired) electrons. The van der Waals surface area contributed by atoms with Gasteiger partial charge in [0.1, 0.15) is 6.04 Å². The predicted octanol–water partition coefficient (Wildman–Crippen LogP) is 3.36. The molecule has 3 nitrogen and oxygen atoms in total. The van der Waals surface area contributed by atoms with Crippen LogP contribution in [0.15, 0.2) is 36.4 Å². The Bertz CT molecular complexity index is 580. The highest BCUT2D eigenvalue weighted by Gasteiger charge is 2.15. The zero-order valence-electron chi connectivity index (χ0n) is 12.3. The maximum atomic E-state index is 12.0. The molecule has 0 aliphatic heterocycles. The van der Waals surface area contributed by atoms with Crippen molar-refractivity contribution < 1.29 is 4.79 Å². The predicted molar refractivity (Wildman–Crippen MR) is 90.9 cm³/mol. The van der Waals surface area contributed by atoms with Crippen LogP contribution in [0, 0.1) is 6.92 Å². The lowest BCUT2D eigenvalue weighted by molar-refractivity contribution is -0.122. The van der Waals surface area contributed by atoms with Gasteiger partial charge in [-0.25, -0.2) is 0 Å². The van der Waals surface area contributed by atoms with Crippen LogP contribution in [0.3, 0.4) is 0 Å². The number of amides is 1. The molecule has 0 bridgehead atoms. The van der Waals surface area contributed by atoms with E-state index >= 15 is 0 Å². The van der Waals surface area contributed by atoms with E-state index in [9.17, 15) is 4.79 Å². The quantitative estimate of drug-likeness (QED) is 0.886. The van der Waals surface area contributed by atoms with E-state index < -0.39 is 6.04 Å². The lowest BCUT2D eigenvalue weighted by Crippen LogP contribution is -2.33. The van der Waals surface area contributed by atoms with E-state index in [4.69, 9.17) is 5.73 Å². The summed E-state index contributed by atoms with van der Waals surface area (Å²) < 4.78 is 0. The first kappa shape index (κ1) is 17.7. The maximum absolute atomic E-state index is 12.0. The Morgan fingerprint density at radius 1 is 1.19 bits per heavy atom. The third-order valence-electron chi connectivity index (χ3n) is 3.22. The highest BCUT2D eigenvalue weighted by atomic mass is 35.5. The van der Waals surface area contributed by atoms with Crippen molar-refractivity contribution in [2.45, 2.75) is 32.9 Å². The first-order valence-electron chi connectivity index (χ1n) is 6.77. The average molecular weight is 325 g/mol. The average Bonchev–Trinajstić information content (AvgIpc) is 2.93. The van der Waals surface area contributed by atoms with Crippen molar-refractivity contribution in [1.82, 2.24) is 5.32 Å². The number of carbonyl (C=O) groups is 1. The van der Waals surface area contributed by atoms with E-state index in [2.05, 4.69) is 24.4 Å². The highest BCUT2D eigenvalue weighted by molar-refractivity contribution is 7.11. The fraction of sp³-hybridized carbons (Fsp3) is 0.312. The molecule has 114 valence electrons. The van der Waals surface area contributed by atoms with Crippen molar-refractivity contribution in [1.29, 1.82) is 0 Å². The van der Waals surface area contributed by atoms with Gasteiger partial charge < -0.3 is 11.1 Å². The van der Waals surface area contributed by atoms with Crippen LogP contribution in [0.2, 0.25) is 0 Å². The number of aryl methyl sites for hydroxylation is 2. The van der Waals surface area contributed by atoms with Gasteiger partial charge in [0.25, 0.3) is 0 Å². The van der Waals surface area contributed by atoms with Crippen LogP contribution in [0.4, 0.5) is 0 Å². The van der Waals surface area contributed by atoms with Crippen LogP contribution in [-0.2, 0) is 17.8 Å². The van der Waals surface area contributed by atoms with Crippen LogP contribution in [0.25, 0.3) is 0 Å². The summed E-state index contributed by atoms with van der Waals surface area (Å²) in [6, 6.07) is 11.3. The van der Waals surface area contributed by atoms with E-state index in [1.54, 1.807) is 11.3 Å². The molecule has 1 aromatic carbocycles. The Morgan fingerprint density at radius 3 is 2.38 bits per heavy atom. The Morgan fingerprint density at radius 2 is 1.81 bits per heavy atom. The molecule has 5 heteroatoms. The second kappa shape index (κ2) is 8.17. The SMILES string of the molecule is CCc1ccc(CNC(=O)C(N)c2ccc(C)cc2)s1.Cl. The van der Waals surface area contributed by atoms with Crippen LogP contribution >= 0.6 is 23.7 Å². The summed E-state index contributed by atoms with van der Waals surface area (Å²) in [5.74, 6) is -0.139. The number of hydrogen-bond donors (Lipinski definition) is 2. The van der Waals surface area contributed by atoms with Crippen molar-refractivity contribution in [3.05, 3.63) is 57.3 Å². The first-order valence-corrected chi connectivity index (χ1v) is 7.59. The van der Waals surface area contributed by atoms with Crippen molar-refractivity contribution in [2.75, 3.05) is 0 Å². The van der Waals surface area contributed by atoms with Crippen molar-refractivity contribution in [3.63, 3.8) is 0 Å². The monoisotopic (exact) mass is 324 g/mol. The Balaban J connectivity index is 0.00000220. The van der Waals surface area contributed by atoms with Gasteiger partial charge in [-0.05, 0) is 31.0 Å². The zero-order chi connectivity index (χ0) is 14.5. The van der Waals surface area contributed by atoms with Crippen molar-refractivity contribution in [3.8, 4) is 0 Å². The van der Waals surface area contributed by atoms with E-state index in [0.29, 0.717) is 6.54 Å². The second-order valence-electron chi connectivity index (χ2n) is 4.83. The molecule has 0 aliphatic rings. The first-order chi connectivity index (χ1) is 9.60. The molecule has 0 saturated heterocycles. The van der Waals surface area contributed by atoms with Gasteiger partial charge >= 0.3 is 0 Å². The molecule has 0 aliphatic carbocycles. The van der Waals surface area contributed by atoms with Gasteiger partial charge in [0.15, 0.2) is 0 Å². The van der Waals surface area contributed by atoms with Crippen LogP contribution < -0.4 is 11.1 Å². The molecule has 0 saturated carbocycles. The molecule has 2 rings (SSSR count). The second-order valence-corrected chi connectivity index (χ2v) is 6.08. The standard InChI is InChI=1S/C16H20N2OS.ClH/c1-3-13-8-9-14(20-13)10-18-16(19)15(17)12-6-4-11(2)5-7-12;/h4-9,15H,3,10,17H2,1-2H3,(H,18,19);1H. The number of carbonyl (C=O) groups excluding carboxylic acids is 1. The molecule has 21 heavy (non-hydrogen) atoms. The van der Waals surface area contributed by atoms with Gasteiger partial charge in [0.2, 0.25) is 5.91 Å². The van der Waals surface area contributed by atoms with Crippen LogP contribution in [0.5, 0.6) is 0 Å². The topological polar surface area (TPSA) is 55.1 Å². The molecule has 1 aromatic heterocycles. The number of hydrogen-bond acceptors (Lipinski definition) is 3. The largest absolute Gasteiger partial charge is 0.350 e. The Labute approximate surface area is 136 Å². The smallest absolute Gasteiger partial charge is 0.241 e. The number of halogens is 1. The molecule has 1 atom stereocenters. The van der Waals surface area contributed by atoms with Gasteiger partial charge in [-0.3, -0.25) is 4.79 Å². The lowest BCUT2D eigenvalue weighted by atomic mass is 10.1. The fourth-order valence-electron chi connectivity index (χ4n) is 1.92. The molecule has 0 fully saturated rings. The summed E-state index contributed by atoms with van der Waals surface area (Å²) in [5.41, 5.74) is 7.98. The Kier molecular flexibility index (Phi) is 6.89. The molecule has 1 heterocycles. The van der Waals surface area contributed by atoms with E-state index in [1.165, 1.54) is 4.88 Å². The lowest BCUT2D eigenvalue weighted by Gasteiger charge is -2.12. The normalized spacial score (nSPS) is 11.6. The van der Waals surface area contributed by atoms with E-state index in [0.717, 1.165) is 22.4 Å². The van der Waals surface area contributed by atoms with Crippen LogP contribution in [-0.4, -0.2) is 5.91 Å². The summed E-state index contributed by atoms with van der Waals surface area (Å²) in [6.45, 7) is 4.68. The van der Waals surface area contributed by atoms with Gasteiger partial charge in [-0.2, -0.15) is 0 Å². The van der Waals surface area contributed by atoms with Gasteiger partial charge in [0, 0.05) is 9.75 Å². The number of benzene rings is 1. The molecule has 0 spiro atoms. The minimum absolute atomic E-state index is 0. The Hall–Kier alpha value is -1.36. The van der Waals surface area contributed by atoms with Crippen molar-refractivity contribution >= 4 is 29.7 Å². The zero-order valence-corrected chi connectivity index (χ0v) is 13.9. The number of thiophene rings is 1. The summed E-state index contributed by atoms with van der Waals surface area (Å²) in [5, 5.41) is 2.90. The summed E-state index contributed by atoms with van der Waals surface area (Å²) in [7, 11) is 0. The molecule has 1 amide bonds. The minimum atomic E-state index is -0.610. The van der Waals surface area contributed by atoms with Gasteiger partial charge in [-0.15, -0.1) is 23.7 Å². The highest BCUT2D eigenvalue weighted by Crippen LogP contribution is 2.17. The third kappa shape index (κ3) is 4.84. The van der Waals surface area contributed by atoms with Gasteiger partial charge in [0.05, 0.1) is 6.54 Å². The maximum Gasteiger partial charge on any atom is 0.241 e. The molecule has 3 N–H and O–H groups in total. The number of nitrogens with two attached hydrogens (primary N) is 1. The fourth-order valence-corrected chi connectivity index (χ4v) is 2.81. The van der Waals surface area contributed by atoms with Crippen LogP contribution in [0.1, 0.15) is 33.8 Å². The molecular weight excluding hydrogens is 304 g/mol. The molecule has 2 aromatic rings. The molecular formula is C16H21ClN2OS. The van der Waals surface area contributed by atoms with Crippen molar-refractivity contribution in [2.24, 2.45) is 5.73 Å². The van der Waals surface area contributed by atoms with Gasteiger partial charge in [-0.1, -0.05) is 36.8 Å². The third-order valence-corrected chi connectivity index (χ3v) is 4.45. The summed E-state index contributed by atoms with van der Waals surface area (Å²) in [6.07, 6.45) is 1.03.